The first-order valence-electron chi connectivity index (χ1n) is 5.79. The number of nitrogens with one attached hydrogen (secondary N) is 1. The fourth-order valence-electron chi connectivity index (χ4n) is 2.21. The van der Waals surface area contributed by atoms with Gasteiger partial charge in [0, 0.05) is 11.8 Å². The maximum atomic E-state index is 11.4. The molecule has 2 heterocycles. The van der Waals surface area contributed by atoms with Gasteiger partial charge in [-0.1, -0.05) is 0 Å². The van der Waals surface area contributed by atoms with Gasteiger partial charge >= 0.3 is 0 Å². The molecule has 106 valence electrons. The second kappa shape index (κ2) is 4.80. The van der Waals surface area contributed by atoms with E-state index in [-0.39, 0.29) is 10.3 Å². The lowest BCUT2D eigenvalue weighted by Crippen LogP contribution is -2.44. The van der Waals surface area contributed by atoms with Crippen LogP contribution in [0.15, 0.2) is 11.0 Å². The lowest BCUT2D eigenvalue weighted by molar-refractivity contribution is -0.136. The number of nitrogens with zero attached hydrogens (tertiary/aromatic N) is 1. The number of aliphatic hydroxyl groups is 3. The highest BCUT2D eigenvalue weighted by molar-refractivity contribution is 7.71. The third kappa shape index (κ3) is 2.15. The third-order valence-corrected chi connectivity index (χ3v) is 3.72. The Hall–Kier alpha value is -1.06. The van der Waals surface area contributed by atoms with Crippen molar-refractivity contribution < 1.29 is 20.1 Å². The highest BCUT2D eigenvalue weighted by Crippen LogP contribution is 2.35. The molecule has 4 atom stereocenters. The first kappa shape index (κ1) is 14.4. The van der Waals surface area contributed by atoms with Crippen molar-refractivity contribution in [3.05, 3.63) is 26.9 Å². The lowest BCUT2D eigenvalue weighted by Gasteiger charge is -2.30. The molecule has 8 heteroatoms. The van der Waals surface area contributed by atoms with Gasteiger partial charge in [-0.3, -0.25) is 14.3 Å². The molecule has 1 fully saturated rings. The van der Waals surface area contributed by atoms with Crippen molar-refractivity contribution in [3.63, 3.8) is 0 Å². The fourth-order valence-corrected chi connectivity index (χ4v) is 2.53. The molecule has 1 aliphatic rings. The third-order valence-electron chi connectivity index (χ3n) is 3.42. The number of aromatic amines is 1. The van der Waals surface area contributed by atoms with Crippen LogP contribution in [-0.2, 0) is 10.5 Å². The number of H-pyrrole nitrogens is 1. The van der Waals surface area contributed by atoms with E-state index in [0.717, 1.165) is 0 Å². The van der Waals surface area contributed by atoms with Crippen LogP contribution in [0.1, 0.15) is 12.5 Å². The van der Waals surface area contributed by atoms with E-state index in [1.54, 1.807) is 6.92 Å². The molecule has 0 amide bonds. The Kier molecular flexibility index (Phi) is 3.63. The van der Waals surface area contributed by atoms with Crippen LogP contribution in [0, 0.1) is 11.7 Å². The molecule has 19 heavy (non-hydrogen) atoms. The molecule has 0 bridgehead atoms. The van der Waals surface area contributed by atoms with Crippen molar-refractivity contribution in [2.45, 2.75) is 37.9 Å². The summed E-state index contributed by atoms with van der Waals surface area (Å²) in [5.41, 5.74) is -1.28. The summed E-state index contributed by atoms with van der Waals surface area (Å²) >= 11 is 5.05. The highest BCUT2D eigenvalue weighted by Gasteiger charge is 2.52. The maximum absolute atomic E-state index is 11.4. The Bertz CT molecular complexity index is 597. The summed E-state index contributed by atoms with van der Waals surface area (Å²) in [6.45, 7) is 2.70. The fraction of sp³-hybridized carbons (Fsp3) is 0.636. The van der Waals surface area contributed by atoms with Crippen molar-refractivity contribution in [2.24, 2.45) is 0 Å². The molecule has 4 N–H and O–H groups in total. The molecule has 2 rings (SSSR count). The smallest absolute Gasteiger partial charge is 0.254 e. The predicted molar refractivity (Wildman–Crippen MR) is 68.2 cm³/mol. The van der Waals surface area contributed by atoms with Crippen LogP contribution >= 0.6 is 12.2 Å². The minimum Gasteiger partial charge on any atom is -0.394 e. The second-order valence-corrected chi connectivity index (χ2v) is 5.16. The summed E-state index contributed by atoms with van der Waals surface area (Å²) in [5.74, 6) is 0. The minimum atomic E-state index is -1.35. The van der Waals surface area contributed by atoms with E-state index in [4.69, 9.17) is 22.1 Å². The van der Waals surface area contributed by atoms with Gasteiger partial charge in [0.05, 0.1) is 6.61 Å². The molecule has 0 aliphatic carbocycles. The number of ether oxygens (including phenoxy) is 1. The van der Waals surface area contributed by atoms with Crippen molar-refractivity contribution in [3.8, 4) is 0 Å². The van der Waals surface area contributed by atoms with Crippen molar-refractivity contribution in [2.75, 3.05) is 6.61 Å². The zero-order valence-corrected chi connectivity index (χ0v) is 11.3. The molecule has 0 radical (unpaired) electrons. The summed E-state index contributed by atoms with van der Waals surface area (Å²) < 4.78 is 6.96. The number of aliphatic hydroxyl groups excluding tert-OH is 3. The normalized spacial score (nSPS) is 34.7. The monoisotopic (exact) mass is 288 g/mol. The van der Waals surface area contributed by atoms with E-state index in [2.05, 4.69) is 4.98 Å². The molecular weight excluding hydrogens is 272 g/mol. The molecular formula is C11H16N2O5S. The number of rotatable bonds is 2. The first-order valence-corrected chi connectivity index (χ1v) is 6.20. The van der Waals surface area contributed by atoms with Crippen LogP contribution in [0.25, 0.3) is 0 Å². The van der Waals surface area contributed by atoms with Crippen LogP contribution in [0.4, 0.5) is 0 Å². The summed E-state index contributed by atoms with van der Waals surface area (Å²) in [4.78, 5) is 13.9. The Morgan fingerprint density at radius 3 is 2.74 bits per heavy atom. The van der Waals surface area contributed by atoms with E-state index in [0.29, 0.717) is 5.56 Å². The quantitative estimate of drug-likeness (QED) is 0.520. The van der Waals surface area contributed by atoms with Crippen LogP contribution < -0.4 is 5.56 Å². The number of hydrogen-bond donors (Lipinski definition) is 4. The van der Waals surface area contributed by atoms with Crippen LogP contribution in [0.2, 0.25) is 0 Å². The van der Waals surface area contributed by atoms with Crippen molar-refractivity contribution in [1.82, 2.24) is 9.55 Å². The molecule has 1 aromatic rings. The van der Waals surface area contributed by atoms with E-state index < -0.39 is 30.6 Å². The molecule has 0 unspecified atom stereocenters. The zero-order valence-electron chi connectivity index (χ0n) is 10.5. The molecule has 1 saturated heterocycles. The Balaban J connectivity index is 2.55. The van der Waals surface area contributed by atoms with Gasteiger partial charge < -0.3 is 20.1 Å². The summed E-state index contributed by atoms with van der Waals surface area (Å²) in [6.07, 6.45) is -1.96. The molecule has 0 aromatic carbocycles. The molecule has 7 nitrogen and oxygen atoms in total. The van der Waals surface area contributed by atoms with E-state index >= 15 is 0 Å². The van der Waals surface area contributed by atoms with Gasteiger partial charge in [0.15, 0.2) is 10.5 Å². The zero-order chi connectivity index (χ0) is 14.4. The van der Waals surface area contributed by atoms with Crippen LogP contribution in [-0.4, -0.2) is 49.8 Å². The van der Waals surface area contributed by atoms with Crippen molar-refractivity contribution >= 4 is 12.2 Å². The maximum Gasteiger partial charge on any atom is 0.254 e. The van der Waals surface area contributed by atoms with Crippen molar-refractivity contribution in [1.29, 1.82) is 0 Å². The topological polar surface area (TPSA) is 108 Å². The number of hydrogen-bond acceptors (Lipinski definition) is 6. The SMILES string of the molecule is Cc1cn([C@]2(C)O[C@H](CO)[C@@H](O)[C@H]2O)c(=S)[nH]c1=O. The minimum absolute atomic E-state index is 0.0722. The first-order chi connectivity index (χ1) is 8.81. The molecule has 0 saturated carbocycles. The Labute approximate surface area is 114 Å². The molecule has 1 aromatic heterocycles. The lowest BCUT2D eigenvalue weighted by atomic mass is 10.0. The second-order valence-electron chi connectivity index (χ2n) is 4.77. The van der Waals surface area contributed by atoms with Gasteiger partial charge in [-0.25, -0.2) is 0 Å². The predicted octanol–water partition coefficient (Wildman–Crippen LogP) is -1.00. The highest BCUT2D eigenvalue weighted by atomic mass is 32.1. The average molecular weight is 288 g/mol. The van der Waals surface area contributed by atoms with Gasteiger partial charge in [0.2, 0.25) is 0 Å². The Morgan fingerprint density at radius 1 is 1.58 bits per heavy atom. The average Bonchev–Trinajstić information content (AvgIpc) is 2.59. The van der Waals surface area contributed by atoms with E-state index in [1.807, 2.05) is 0 Å². The Morgan fingerprint density at radius 2 is 2.21 bits per heavy atom. The summed E-state index contributed by atoms with van der Waals surface area (Å²) in [5, 5.41) is 29.0. The van der Waals surface area contributed by atoms with Gasteiger partial charge in [-0.2, -0.15) is 0 Å². The van der Waals surface area contributed by atoms with Gasteiger partial charge in [-0.05, 0) is 26.1 Å². The standard InChI is InChI=1S/C11H16N2O5S/c1-5-3-13(10(19)12-9(5)17)11(2)8(16)7(15)6(4-14)18-11/h3,6-8,14-16H,4H2,1-2H3,(H,12,17,19)/t6-,7-,8-,11-/m1/s1. The number of aryl methyl sites for hydroxylation is 1. The summed E-state index contributed by atoms with van der Waals surface area (Å²) in [7, 11) is 0. The largest absolute Gasteiger partial charge is 0.394 e. The van der Waals surface area contributed by atoms with Crippen LogP contribution in [0.3, 0.4) is 0 Å². The van der Waals surface area contributed by atoms with Gasteiger partial charge in [0.1, 0.15) is 18.3 Å². The molecule has 0 spiro atoms. The van der Waals surface area contributed by atoms with E-state index in [9.17, 15) is 15.0 Å². The molecule has 1 aliphatic heterocycles. The van der Waals surface area contributed by atoms with Crippen LogP contribution in [0.5, 0.6) is 0 Å². The van der Waals surface area contributed by atoms with Gasteiger partial charge in [-0.15, -0.1) is 0 Å². The van der Waals surface area contributed by atoms with E-state index in [1.165, 1.54) is 17.7 Å². The number of aromatic nitrogens is 2. The van der Waals surface area contributed by atoms with Gasteiger partial charge in [0.25, 0.3) is 5.56 Å². The summed E-state index contributed by atoms with van der Waals surface area (Å²) in [6, 6.07) is 0.